The molecule has 0 radical (unpaired) electrons. The fraction of sp³-hybridized carbons (Fsp3) is 0.409. The van der Waals surface area contributed by atoms with Crippen molar-refractivity contribution in [3.05, 3.63) is 61.8 Å². The number of aromatic hydroxyl groups is 1. The Hall–Kier alpha value is -3.69. The fourth-order valence-corrected chi connectivity index (χ4v) is 3.88. The van der Waals surface area contributed by atoms with Gasteiger partial charge in [-0.3, -0.25) is 28.3 Å². The number of hydrogen-bond acceptors (Lipinski definition) is 6. The molecule has 1 fully saturated rings. The quantitative estimate of drug-likeness (QED) is 0.545. The van der Waals surface area contributed by atoms with Gasteiger partial charge in [0.15, 0.2) is 11.3 Å². The smallest absolute Gasteiger partial charge is 0.334 e. The molecule has 32 heavy (non-hydrogen) atoms. The number of carbonyl (C=O) groups is 3. The molecule has 170 valence electrons. The number of nitrogens with zero attached hydrogens (tertiary/aromatic N) is 2. The van der Waals surface area contributed by atoms with Gasteiger partial charge in [0.2, 0.25) is 5.88 Å². The zero-order valence-electron chi connectivity index (χ0n) is 17.7. The number of nitrogens with one attached hydrogen (secondary N) is 1. The van der Waals surface area contributed by atoms with Crippen molar-refractivity contribution in [1.29, 1.82) is 0 Å². The lowest BCUT2D eigenvalue weighted by Gasteiger charge is -2.25. The van der Waals surface area contributed by atoms with Gasteiger partial charge in [-0.05, 0) is 19.8 Å². The summed E-state index contributed by atoms with van der Waals surface area (Å²) in [4.78, 5) is 62.3. The zero-order chi connectivity index (χ0) is 23.4. The minimum atomic E-state index is -1.34. The van der Waals surface area contributed by atoms with Crippen molar-refractivity contribution < 1.29 is 24.6 Å². The summed E-state index contributed by atoms with van der Waals surface area (Å²) in [6, 6.07) is 6.14. The van der Waals surface area contributed by atoms with E-state index in [0.29, 0.717) is 23.0 Å². The molecule has 1 aliphatic carbocycles. The highest BCUT2D eigenvalue weighted by Crippen LogP contribution is 2.26. The summed E-state index contributed by atoms with van der Waals surface area (Å²) >= 11 is 0. The largest absolute Gasteiger partial charge is 0.494 e. The van der Waals surface area contributed by atoms with Gasteiger partial charge in [0.1, 0.15) is 6.54 Å². The van der Waals surface area contributed by atoms with Crippen LogP contribution in [0.3, 0.4) is 0 Å². The molecular weight excluding hydrogens is 418 g/mol. The van der Waals surface area contributed by atoms with E-state index in [1.165, 1.54) is 0 Å². The molecule has 1 aromatic heterocycles. The number of amides is 1. The Balaban J connectivity index is 2.11. The molecule has 0 bridgehead atoms. The van der Waals surface area contributed by atoms with Gasteiger partial charge in [-0.25, -0.2) is 4.79 Å². The first-order chi connectivity index (χ1) is 15.2. The van der Waals surface area contributed by atoms with E-state index < -0.39 is 59.5 Å². The number of hydrogen-bond donors (Lipinski definition) is 3. The first-order valence-corrected chi connectivity index (χ1v) is 10.4. The molecule has 1 saturated carbocycles. The third-order valence-electron chi connectivity index (χ3n) is 5.59. The molecule has 10 nitrogen and oxygen atoms in total. The molecule has 1 heterocycles. The number of benzene rings is 1. The molecule has 0 saturated heterocycles. The van der Waals surface area contributed by atoms with E-state index in [9.17, 15) is 29.1 Å². The van der Waals surface area contributed by atoms with E-state index in [2.05, 4.69) is 0 Å². The normalized spacial score (nSPS) is 14.2. The number of Topliss-reactive ketones (excluding diaryl/α,β-unsaturated/α-hetero) is 1. The van der Waals surface area contributed by atoms with Crippen molar-refractivity contribution in [3.63, 3.8) is 0 Å². The van der Waals surface area contributed by atoms with E-state index in [1.54, 1.807) is 24.3 Å². The number of ketones is 1. The molecule has 1 amide bonds. The van der Waals surface area contributed by atoms with Crippen molar-refractivity contribution in [2.75, 3.05) is 6.54 Å². The van der Waals surface area contributed by atoms with Crippen LogP contribution in [0.2, 0.25) is 0 Å². The highest BCUT2D eigenvalue weighted by atomic mass is 16.4. The summed E-state index contributed by atoms with van der Waals surface area (Å²) in [5, 5.41) is 21.5. The second-order valence-corrected chi connectivity index (χ2v) is 7.90. The Labute approximate surface area is 183 Å². The number of aromatic nitrogens is 2. The third-order valence-corrected chi connectivity index (χ3v) is 5.59. The number of carboxylic acid groups (broad SMARTS) is 1. The van der Waals surface area contributed by atoms with Gasteiger partial charge in [0, 0.05) is 11.6 Å². The van der Waals surface area contributed by atoms with Crippen LogP contribution in [0.25, 0.3) is 0 Å². The number of carbonyl (C=O) groups excluding carboxylic acids is 2. The highest BCUT2D eigenvalue weighted by molar-refractivity contribution is 5.98. The van der Waals surface area contributed by atoms with Gasteiger partial charge in [0.05, 0.1) is 6.54 Å². The van der Waals surface area contributed by atoms with Crippen LogP contribution in [0.4, 0.5) is 0 Å². The van der Waals surface area contributed by atoms with Gasteiger partial charge in [-0.1, -0.05) is 49.1 Å². The van der Waals surface area contributed by atoms with Crippen molar-refractivity contribution in [2.45, 2.75) is 51.6 Å². The first kappa shape index (κ1) is 23.0. The molecule has 1 aromatic carbocycles. The van der Waals surface area contributed by atoms with Crippen LogP contribution in [-0.2, 0) is 11.3 Å². The molecule has 0 spiro atoms. The van der Waals surface area contributed by atoms with Gasteiger partial charge < -0.3 is 15.5 Å². The van der Waals surface area contributed by atoms with Crippen molar-refractivity contribution in [2.24, 2.45) is 0 Å². The topological polar surface area (TPSA) is 148 Å². The third kappa shape index (κ3) is 4.79. The average molecular weight is 443 g/mol. The molecule has 3 rings (SSSR count). The Morgan fingerprint density at radius 2 is 1.69 bits per heavy atom. The van der Waals surface area contributed by atoms with Crippen LogP contribution in [0.1, 0.15) is 64.4 Å². The molecule has 2 aromatic rings. The molecule has 0 unspecified atom stereocenters. The van der Waals surface area contributed by atoms with Crippen LogP contribution in [0, 0.1) is 6.92 Å². The second-order valence-electron chi connectivity index (χ2n) is 7.90. The van der Waals surface area contributed by atoms with E-state index in [1.807, 2.05) is 12.2 Å². The summed E-state index contributed by atoms with van der Waals surface area (Å²) in [6.45, 7) is 0.495. The first-order valence-electron chi connectivity index (χ1n) is 10.4. The number of aryl methyl sites for hydroxylation is 1. The molecule has 10 heteroatoms. The Bertz CT molecular complexity index is 1160. The van der Waals surface area contributed by atoms with Crippen LogP contribution in [-0.4, -0.2) is 43.6 Å². The standard InChI is InChI=1S/C22H25N3O7/c1-13-7-9-14(10-8-13)16(26)12-24-20(30)18(19(29)23-11-17(27)28)21(31)25(22(24)32)15-5-3-2-4-6-15/h7-10,15,30H,2-6,11-12H2,1H3,(H,23,29)(H,27,28). The van der Waals surface area contributed by atoms with Crippen LogP contribution in [0.15, 0.2) is 33.9 Å². The number of rotatable bonds is 7. The summed E-state index contributed by atoms with van der Waals surface area (Å²) in [6.07, 6.45) is 3.62. The van der Waals surface area contributed by atoms with E-state index in [-0.39, 0.29) is 0 Å². The Morgan fingerprint density at radius 3 is 2.28 bits per heavy atom. The minimum absolute atomic E-state index is 0.300. The van der Waals surface area contributed by atoms with Crippen molar-refractivity contribution >= 4 is 17.7 Å². The maximum Gasteiger partial charge on any atom is 0.334 e. The highest BCUT2D eigenvalue weighted by Gasteiger charge is 2.29. The molecule has 0 atom stereocenters. The predicted octanol–water partition coefficient (Wildman–Crippen LogP) is 1.23. The SMILES string of the molecule is Cc1ccc(C(=O)Cn2c(O)c(C(=O)NCC(=O)O)c(=O)n(C3CCCCC3)c2=O)cc1. The van der Waals surface area contributed by atoms with Gasteiger partial charge >= 0.3 is 11.7 Å². The maximum absolute atomic E-state index is 13.2. The summed E-state index contributed by atoms with van der Waals surface area (Å²) < 4.78 is 1.62. The van der Waals surface area contributed by atoms with Gasteiger partial charge in [-0.15, -0.1) is 0 Å². The lowest BCUT2D eigenvalue weighted by atomic mass is 9.95. The lowest BCUT2D eigenvalue weighted by molar-refractivity contribution is -0.135. The van der Waals surface area contributed by atoms with E-state index >= 15 is 0 Å². The fourth-order valence-electron chi connectivity index (χ4n) is 3.88. The van der Waals surface area contributed by atoms with Crippen molar-refractivity contribution in [1.82, 2.24) is 14.5 Å². The van der Waals surface area contributed by atoms with E-state index in [0.717, 1.165) is 29.4 Å². The summed E-state index contributed by atoms with van der Waals surface area (Å²) in [5.41, 5.74) is -1.40. The van der Waals surface area contributed by atoms with Crippen LogP contribution < -0.4 is 16.6 Å². The number of aliphatic carboxylic acids is 1. The van der Waals surface area contributed by atoms with Gasteiger partial charge in [0.25, 0.3) is 11.5 Å². The maximum atomic E-state index is 13.2. The summed E-state index contributed by atoms with van der Waals surface area (Å²) in [5.74, 6) is -3.92. The second kappa shape index (κ2) is 9.63. The predicted molar refractivity (Wildman–Crippen MR) is 114 cm³/mol. The minimum Gasteiger partial charge on any atom is -0.494 e. The average Bonchev–Trinajstić information content (AvgIpc) is 2.76. The molecule has 1 aliphatic rings. The Morgan fingerprint density at radius 1 is 1.06 bits per heavy atom. The molecular formula is C22H25N3O7. The molecule has 0 aliphatic heterocycles. The van der Waals surface area contributed by atoms with Crippen molar-refractivity contribution in [3.8, 4) is 5.88 Å². The van der Waals surface area contributed by atoms with Crippen LogP contribution in [0.5, 0.6) is 5.88 Å². The zero-order valence-corrected chi connectivity index (χ0v) is 17.7. The van der Waals surface area contributed by atoms with Crippen LogP contribution >= 0.6 is 0 Å². The molecule has 3 N–H and O–H groups in total. The summed E-state index contributed by atoms with van der Waals surface area (Å²) in [7, 11) is 0. The van der Waals surface area contributed by atoms with Gasteiger partial charge in [-0.2, -0.15) is 0 Å². The number of carboxylic acids is 1. The van der Waals surface area contributed by atoms with E-state index in [4.69, 9.17) is 5.11 Å². The Kier molecular flexibility index (Phi) is 6.92. The lowest BCUT2D eigenvalue weighted by Crippen LogP contribution is -2.47. The monoisotopic (exact) mass is 443 g/mol.